The van der Waals surface area contributed by atoms with E-state index in [4.69, 9.17) is 0 Å². The van der Waals surface area contributed by atoms with Crippen LogP contribution in [-0.4, -0.2) is 38.4 Å². The van der Waals surface area contributed by atoms with Crippen LogP contribution in [0, 0.1) is 5.82 Å². The summed E-state index contributed by atoms with van der Waals surface area (Å²) in [5, 5.41) is 0. The Hall–Kier alpha value is -3.02. The molecule has 28 heavy (non-hydrogen) atoms. The second kappa shape index (κ2) is 8.33. The molecule has 4 rings (SSSR count). The van der Waals surface area contributed by atoms with Crippen LogP contribution in [0.5, 0.6) is 0 Å². The molecule has 2 aromatic heterocycles. The summed E-state index contributed by atoms with van der Waals surface area (Å²) in [6.07, 6.45) is 9.70. The number of likely N-dealkylation sites (tertiary alicyclic amines) is 1. The molecule has 5 nitrogen and oxygen atoms in total. The predicted molar refractivity (Wildman–Crippen MR) is 104 cm³/mol. The van der Waals surface area contributed by atoms with E-state index in [0.717, 1.165) is 37.3 Å². The van der Waals surface area contributed by atoms with Gasteiger partial charge >= 0.3 is 0 Å². The van der Waals surface area contributed by atoms with E-state index >= 15 is 0 Å². The van der Waals surface area contributed by atoms with Gasteiger partial charge in [0.05, 0.1) is 6.42 Å². The molecule has 1 atom stereocenters. The zero-order chi connectivity index (χ0) is 19.3. The van der Waals surface area contributed by atoms with Gasteiger partial charge in [-0.15, -0.1) is 0 Å². The predicted octanol–water partition coefficient (Wildman–Crippen LogP) is 3.41. The number of piperidine rings is 1. The number of nitrogens with zero attached hydrogens (tertiary/aromatic N) is 4. The normalized spacial score (nSPS) is 16.9. The number of rotatable bonds is 5. The second-order valence-corrected chi connectivity index (χ2v) is 7.25. The number of amides is 1. The maximum Gasteiger partial charge on any atom is 0.227 e. The summed E-state index contributed by atoms with van der Waals surface area (Å²) in [5.74, 6) is 1.05. The standard InChI is InChI=1S/C22H23FN4O/c23-20-5-3-17(4-6-20)14-21(28)26-12-1-2-19(16-26)22-25-11-13-27(22)15-18-7-9-24-10-8-18/h3-11,13,19H,1-2,12,14-16H2/t19-/m1/s1. The zero-order valence-corrected chi connectivity index (χ0v) is 15.7. The number of hydrogen-bond donors (Lipinski definition) is 0. The lowest BCUT2D eigenvalue weighted by atomic mass is 9.96. The number of hydrogen-bond acceptors (Lipinski definition) is 3. The van der Waals surface area contributed by atoms with Gasteiger partial charge in [0.15, 0.2) is 0 Å². The van der Waals surface area contributed by atoms with E-state index in [1.807, 2.05) is 29.4 Å². The third-order valence-electron chi connectivity index (χ3n) is 5.26. The minimum Gasteiger partial charge on any atom is -0.342 e. The lowest BCUT2D eigenvalue weighted by Gasteiger charge is -2.33. The molecule has 1 amide bonds. The van der Waals surface area contributed by atoms with Crippen molar-refractivity contribution in [2.75, 3.05) is 13.1 Å². The van der Waals surface area contributed by atoms with Crippen molar-refractivity contribution in [1.29, 1.82) is 0 Å². The van der Waals surface area contributed by atoms with E-state index in [0.29, 0.717) is 13.0 Å². The van der Waals surface area contributed by atoms with Gasteiger partial charge in [0.1, 0.15) is 11.6 Å². The Bertz CT molecular complexity index is 923. The zero-order valence-electron chi connectivity index (χ0n) is 15.7. The van der Waals surface area contributed by atoms with Crippen molar-refractivity contribution < 1.29 is 9.18 Å². The molecule has 0 bridgehead atoms. The summed E-state index contributed by atoms with van der Waals surface area (Å²) in [7, 11) is 0. The molecule has 1 aliphatic heterocycles. The highest BCUT2D eigenvalue weighted by Gasteiger charge is 2.27. The molecule has 0 unspecified atom stereocenters. The minimum atomic E-state index is -0.282. The highest BCUT2D eigenvalue weighted by Crippen LogP contribution is 2.26. The molecule has 1 fully saturated rings. The van der Waals surface area contributed by atoms with Gasteiger partial charge in [-0.3, -0.25) is 9.78 Å². The molecular weight excluding hydrogens is 355 g/mol. The number of benzene rings is 1. The number of imidazole rings is 1. The summed E-state index contributed by atoms with van der Waals surface area (Å²) in [6, 6.07) is 10.2. The van der Waals surface area contributed by atoms with Gasteiger partial charge in [0.2, 0.25) is 5.91 Å². The van der Waals surface area contributed by atoms with E-state index in [2.05, 4.69) is 14.5 Å². The molecule has 1 aromatic carbocycles. The first-order valence-corrected chi connectivity index (χ1v) is 9.61. The van der Waals surface area contributed by atoms with Crippen LogP contribution < -0.4 is 0 Å². The summed E-state index contributed by atoms with van der Waals surface area (Å²) >= 11 is 0. The molecule has 0 radical (unpaired) electrons. The van der Waals surface area contributed by atoms with Crippen LogP contribution in [0.25, 0.3) is 0 Å². The van der Waals surface area contributed by atoms with Gasteiger partial charge in [-0.1, -0.05) is 12.1 Å². The van der Waals surface area contributed by atoms with Crippen LogP contribution in [0.4, 0.5) is 4.39 Å². The molecule has 144 valence electrons. The Kier molecular flexibility index (Phi) is 5.46. The number of halogens is 1. The van der Waals surface area contributed by atoms with E-state index in [1.165, 1.54) is 17.7 Å². The number of aromatic nitrogens is 3. The molecule has 6 heteroatoms. The van der Waals surface area contributed by atoms with Gasteiger partial charge in [-0.25, -0.2) is 9.37 Å². The lowest BCUT2D eigenvalue weighted by molar-refractivity contribution is -0.131. The van der Waals surface area contributed by atoms with E-state index in [-0.39, 0.29) is 17.6 Å². The Balaban J connectivity index is 1.43. The van der Waals surface area contributed by atoms with E-state index in [9.17, 15) is 9.18 Å². The third-order valence-corrected chi connectivity index (χ3v) is 5.26. The van der Waals surface area contributed by atoms with E-state index in [1.54, 1.807) is 24.5 Å². The average molecular weight is 378 g/mol. The van der Waals surface area contributed by atoms with Crippen LogP contribution >= 0.6 is 0 Å². The first-order valence-electron chi connectivity index (χ1n) is 9.61. The van der Waals surface area contributed by atoms with Crippen molar-refractivity contribution in [2.24, 2.45) is 0 Å². The number of carbonyl (C=O) groups excluding carboxylic acids is 1. The molecule has 0 N–H and O–H groups in total. The number of carbonyl (C=O) groups is 1. The molecule has 3 heterocycles. The van der Waals surface area contributed by atoms with Crippen molar-refractivity contribution in [3.63, 3.8) is 0 Å². The highest BCUT2D eigenvalue weighted by molar-refractivity contribution is 5.79. The summed E-state index contributed by atoms with van der Waals surface area (Å²) in [5.41, 5.74) is 2.02. The molecular formula is C22H23FN4O. The summed E-state index contributed by atoms with van der Waals surface area (Å²) in [4.78, 5) is 23.3. The summed E-state index contributed by atoms with van der Waals surface area (Å²) in [6.45, 7) is 2.19. The Labute approximate surface area is 163 Å². The van der Waals surface area contributed by atoms with Crippen molar-refractivity contribution >= 4 is 5.91 Å². The fourth-order valence-electron chi connectivity index (χ4n) is 3.80. The first kappa shape index (κ1) is 18.3. The molecule has 0 spiro atoms. The Morgan fingerprint density at radius 1 is 1.07 bits per heavy atom. The van der Waals surface area contributed by atoms with Gasteiger partial charge in [-0.05, 0) is 48.2 Å². The van der Waals surface area contributed by atoms with Crippen LogP contribution in [0.1, 0.15) is 35.7 Å². The molecule has 1 saturated heterocycles. The molecule has 1 aliphatic rings. The fraction of sp³-hybridized carbons (Fsp3) is 0.318. The lowest BCUT2D eigenvalue weighted by Crippen LogP contribution is -2.40. The van der Waals surface area contributed by atoms with E-state index < -0.39 is 0 Å². The van der Waals surface area contributed by atoms with Crippen molar-refractivity contribution in [3.8, 4) is 0 Å². The SMILES string of the molecule is O=C(Cc1ccc(F)cc1)N1CCC[C@@H](c2nccn2Cc2ccncc2)C1. The highest BCUT2D eigenvalue weighted by atomic mass is 19.1. The maximum absolute atomic E-state index is 13.1. The van der Waals surface area contributed by atoms with Crippen molar-refractivity contribution in [3.05, 3.63) is 84.0 Å². The first-order chi connectivity index (χ1) is 13.7. The van der Waals surface area contributed by atoms with Gasteiger partial charge < -0.3 is 9.47 Å². The maximum atomic E-state index is 13.1. The van der Waals surface area contributed by atoms with Crippen molar-refractivity contribution in [2.45, 2.75) is 31.7 Å². The Morgan fingerprint density at radius 2 is 1.86 bits per heavy atom. The Morgan fingerprint density at radius 3 is 2.64 bits per heavy atom. The van der Waals surface area contributed by atoms with Crippen LogP contribution in [0.2, 0.25) is 0 Å². The smallest absolute Gasteiger partial charge is 0.227 e. The molecule has 0 aliphatic carbocycles. The van der Waals surface area contributed by atoms with Crippen LogP contribution in [0.3, 0.4) is 0 Å². The van der Waals surface area contributed by atoms with Gasteiger partial charge in [0.25, 0.3) is 0 Å². The topological polar surface area (TPSA) is 51.0 Å². The third kappa shape index (κ3) is 4.27. The largest absolute Gasteiger partial charge is 0.342 e. The average Bonchev–Trinajstić information content (AvgIpc) is 3.19. The molecule has 3 aromatic rings. The van der Waals surface area contributed by atoms with Gasteiger partial charge in [-0.2, -0.15) is 0 Å². The monoisotopic (exact) mass is 378 g/mol. The van der Waals surface area contributed by atoms with Crippen LogP contribution in [-0.2, 0) is 17.8 Å². The van der Waals surface area contributed by atoms with Gasteiger partial charge in [0, 0.05) is 50.3 Å². The molecule has 0 saturated carbocycles. The minimum absolute atomic E-state index is 0.0866. The summed E-state index contributed by atoms with van der Waals surface area (Å²) < 4.78 is 15.2. The second-order valence-electron chi connectivity index (χ2n) is 7.25. The number of pyridine rings is 1. The van der Waals surface area contributed by atoms with Crippen molar-refractivity contribution in [1.82, 2.24) is 19.4 Å². The fourth-order valence-corrected chi connectivity index (χ4v) is 3.80. The van der Waals surface area contributed by atoms with Crippen LogP contribution in [0.15, 0.2) is 61.2 Å². The quantitative estimate of drug-likeness (QED) is 0.684.